The first kappa shape index (κ1) is 15.9. The summed E-state index contributed by atoms with van der Waals surface area (Å²) in [6.07, 6.45) is 0.708. The molecule has 2 fully saturated rings. The van der Waals surface area contributed by atoms with Crippen molar-refractivity contribution in [2.45, 2.75) is 17.8 Å². The van der Waals surface area contributed by atoms with E-state index in [1.165, 1.54) is 23.8 Å². The van der Waals surface area contributed by atoms with Gasteiger partial charge in [0.15, 0.2) is 5.37 Å². The quantitative estimate of drug-likeness (QED) is 0.751. The molecule has 7 heteroatoms. The second-order valence-corrected chi connectivity index (χ2v) is 6.63. The average molecular weight is 334 g/mol. The molecule has 0 aromatic heterocycles. The summed E-state index contributed by atoms with van der Waals surface area (Å²) >= 11 is 1.29. The maximum absolute atomic E-state index is 12.6. The van der Waals surface area contributed by atoms with Crippen LogP contribution in [0, 0.1) is 0 Å². The molecule has 0 N–H and O–H groups in total. The summed E-state index contributed by atoms with van der Waals surface area (Å²) in [5.74, 6) is -0.314. The van der Waals surface area contributed by atoms with Gasteiger partial charge in [-0.25, -0.2) is 4.79 Å². The fraction of sp³-hybridized carbons (Fsp3) is 0.438. The lowest BCUT2D eigenvalue weighted by Gasteiger charge is -2.37. The van der Waals surface area contributed by atoms with Crippen molar-refractivity contribution in [3.05, 3.63) is 35.9 Å². The van der Waals surface area contributed by atoms with E-state index in [-0.39, 0.29) is 18.4 Å². The highest BCUT2D eigenvalue weighted by Crippen LogP contribution is 2.33. The number of amides is 2. The minimum atomic E-state index is -0.697. The van der Waals surface area contributed by atoms with Gasteiger partial charge in [0.25, 0.3) is 0 Å². The number of carbonyl (C=O) groups excluding carboxylic acids is 3. The smallest absolute Gasteiger partial charge is 0.339 e. The van der Waals surface area contributed by atoms with Crippen LogP contribution in [0.1, 0.15) is 5.56 Å². The van der Waals surface area contributed by atoms with Crippen LogP contribution < -0.4 is 0 Å². The summed E-state index contributed by atoms with van der Waals surface area (Å²) in [7, 11) is 1.29. The van der Waals surface area contributed by atoms with E-state index >= 15 is 0 Å². The van der Waals surface area contributed by atoms with Crippen molar-refractivity contribution in [2.75, 3.05) is 26.0 Å². The monoisotopic (exact) mass is 334 g/mol. The Morgan fingerprint density at radius 3 is 2.74 bits per heavy atom. The molecule has 2 aliphatic rings. The number of fused-ring (bicyclic) bond motifs is 1. The minimum Gasteiger partial charge on any atom is -0.467 e. The summed E-state index contributed by atoms with van der Waals surface area (Å²) in [6.45, 7) is 0.530. The Labute approximate surface area is 138 Å². The van der Waals surface area contributed by atoms with E-state index < -0.39 is 17.4 Å². The summed E-state index contributed by atoms with van der Waals surface area (Å²) in [5.41, 5.74) is 1.13. The van der Waals surface area contributed by atoms with Crippen LogP contribution in [0.15, 0.2) is 30.3 Å². The van der Waals surface area contributed by atoms with Gasteiger partial charge in [-0.1, -0.05) is 30.3 Å². The van der Waals surface area contributed by atoms with Gasteiger partial charge in [-0.3, -0.25) is 9.59 Å². The van der Waals surface area contributed by atoms with Crippen molar-refractivity contribution in [2.24, 2.45) is 0 Å². The highest BCUT2D eigenvalue weighted by atomic mass is 32.2. The van der Waals surface area contributed by atoms with Crippen molar-refractivity contribution >= 4 is 29.5 Å². The minimum absolute atomic E-state index is 0.0240. The van der Waals surface area contributed by atoms with Crippen molar-refractivity contribution in [1.82, 2.24) is 9.80 Å². The van der Waals surface area contributed by atoms with Crippen molar-refractivity contribution in [3.63, 3.8) is 0 Å². The fourth-order valence-corrected chi connectivity index (χ4v) is 4.24. The Kier molecular flexibility index (Phi) is 4.56. The molecule has 2 amide bonds. The van der Waals surface area contributed by atoms with Gasteiger partial charge in [0.05, 0.1) is 13.7 Å². The Hall–Kier alpha value is -2.02. The zero-order valence-electron chi connectivity index (χ0n) is 12.8. The van der Waals surface area contributed by atoms with E-state index in [0.717, 1.165) is 5.56 Å². The molecule has 2 heterocycles. The number of nitrogens with zero attached hydrogens (tertiary/aromatic N) is 2. The lowest BCUT2D eigenvalue weighted by molar-refractivity contribution is -0.159. The summed E-state index contributed by atoms with van der Waals surface area (Å²) < 4.78 is 4.72. The Balaban J connectivity index is 1.68. The highest BCUT2D eigenvalue weighted by molar-refractivity contribution is 8.00. The SMILES string of the molecule is COC(=O)[C@@H]1SC[C@H]2C(=O)N(CCc3ccccc3)CC(=O)N21. The van der Waals surface area contributed by atoms with Crippen LogP contribution in [-0.4, -0.2) is 65.0 Å². The lowest BCUT2D eigenvalue weighted by atomic mass is 10.1. The maximum Gasteiger partial charge on any atom is 0.339 e. The van der Waals surface area contributed by atoms with Gasteiger partial charge in [-0.2, -0.15) is 0 Å². The molecule has 3 rings (SSSR count). The molecule has 1 aromatic rings. The molecule has 2 saturated heterocycles. The first-order chi connectivity index (χ1) is 11.1. The third-order valence-corrected chi connectivity index (χ3v) is 5.37. The van der Waals surface area contributed by atoms with E-state index in [2.05, 4.69) is 0 Å². The van der Waals surface area contributed by atoms with Crippen LogP contribution in [0.5, 0.6) is 0 Å². The molecule has 0 spiro atoms. The van der Waals surface area contributed by atoms with Crippen LogP contribution in [0.3, 0.4) is 0 Å². The van der Waals surface area contributed by atoms with Crippen molar-refractivity contribution in [3.8, 4) is 0 Å². The Morgan fingerprint density at radius 2 is 2.04 bits per heavy atom. The molecule has 0 aliphatic carbocycles. The Bertz CT molecular complexity index is 622. The standard InChI is InChI=1S/C16H18N2O4S/c1-22-16(21)15-18-12(10-23-15)14(20)17(9-13(18)19)8-7-11-5-3-2-4-6-11/h2-6,12,15H,7-10H2,1H3/t12-,15-/m0/s1. The number of ether oxygens (including phenoxy) is 1. The fourth-order valence-electron chi connectivity index (χ4n) is 2.92. The zero-order valence-corrected chi connectivity index (χ0v) is 13.6. The molecular formula is C16H18N2O4S. The molecule has 0 radical (unpaired) electrons. The molecule has 0 saturated carbocycles. The van der Waals surface area contributed by atoms with Gasteiger partial charge in [-0.05, 0) is 12.0 Å². The predicted molar refractivity (Wildman–Crippen MR) is 85.6 cm³/mol. The second-order valence-electron chi connectivity index (χ2n) is 5.52. The van der Waals surface area contributed by atoms with Crippen LogP contribution in [-0.2, 0) is 25.5 Å². The number of hydrogen-bond acceptors (Lipinski definition) is 5. The first-order valence-corrected chi connectivity index (χ1v) is 8.50. The second kappa shape index (κ2) is 6.62. The van der Waals surface area contributed by atoms with Gasteiger partial charge in [0.1, 0.15) is 6.04 Å². The maximum atomic E-state index is 12.6. The van der Waals surface area contributed by atoms with Crippen molar-refractivity contribution < 1.29 is 19.1 Å². The third kappa shape index (κ3) is 3.06. The number of esters is 1. The van der Waals surface area contributed by atoms with Crippen molar-refractivity contribution in [1.29, 1.82) is 0 Å². The van der Waals surface area contributed by atoms with Gasteiger partial charge in [-0.15, -0.1) is 11.8 Å². The number of rotatable bonds is 4. The molecule has 6 nitrogen and oxygen atoms in total. The number of piperazine rings is 1. The summed E-state index contributed by atoms with van der Waals surface area (Å²) in [6, 6.07) is 9.30. The molecule has 23 heavy (non-hydrogen) atoms. The lowest BCUT2D eigenvalue weighted by Crippen LogP contribution is -2.61. The number of benzene rings is 1. The predicted octanol–water partition coefficient (Wildman–Crippen LogP) is 0.514. The summed E-state index contributed by atoms with van der Waals surface area (Å²) in [5, 5.41) is -0.697. The van der Waals surface area contributed by atoms with E-state index in [1.54, 1.807) is 4.90 Å². The number of hydrogen-bond donors (Lipinski definition) is 0. The van der Waals surface area contributed by atoms with Gasteiger partial charge in [0, 0.05) is 12.3 Å². The molecule has 0 bridgehead atoms. The molecular weight excluding hydrogens is 316 g/mol. The van der Waals surface area contributed by atoms with Crippen LogP contribution >= 0.6 is 11.8 Å². The molecule has 1 aromatic carbocycles. The van der Waals surface area contributed by atoms with E-state index in [1.807, 2.05) is 30.3 Å². The molecule has 122 valence electrons. The van der Waals surface area contributed by atoms with Crippen LogP contribution in [0.4, 0.5) is 0 Å². The normalized spacial score (nSPS) is 23.9. The van der Waals surface area contributed by atoms with Gasteiger partial charge >= 0.3 is 5.97 Å². The van der Waals surface area contributed by atoms with E-state index in [4.69, 9.17) is 4.74 Å². The molecule has 2 atom stereocenters. The Morgan fingerprint density at radius 1 is 1.30 bits per heavy atom. The number of methoxy groups -OCH3 is 1. The van der Waals surface area contributed by atoms with Gasteiger partial charge < -0.3 is 14.5 Å². The molecule has 2 aliphatic heterocycles. The highest BCUT2D eigenvalue weighted by Gasteiger charge is 2.50. The van der Waals surface area contributed by atoms with Crippen LogP contribution in [0.2, 0.25) is 0 Å². The first-order valence-electron chi connectivity index (χ1n) is 7.45. The van der Waals surface area contributed by atoms with Crippen LogP contribution in [0.25, 0.3) is 0 Å². The largest absolute Gasteiger partial charge is 0.467 e. The third-order valence-electron chi connectivity index (χ3n) is 4.13. The van der Waals surface area contributed by atoms with E-state index in [0.29, 0.717) is 18.7 Å². The average Bonchev–Trinajstić information content (AvgIpc) is 3.03. The molecule has 0 unspecified atom stereocenters. The number of thioether (sulfide) groups is 1. The summed E-state index contributed by atoms with van der Waals surface area (Å²) in [4.78, 5) is 39.7. The van der Waals surface area contributed by atoms with E-state index in [9.17, 15) is 14.4 Å². The number of carbonyl (C=O) groups is 3. The zero-order chi connectivity index (χ0) is 16.4. The van der Waals surface area contributed by atoms with Gasteiger partial charge in [0.2, 0.25) is 11.8 Å². The topological polar surface area (TPSA) is 66.9 Å².